The van der Waals surface area contributed by atoms with Gasteiger partial charge in [-0.05, 0) is 25.0 Å². The largest absolute Gasteiger partial charge is 0.495 e. The van der Waals surface area contributed by atoms with Gasteiger partial charge in [0, 0.05) is 5.71 Å². The maximum atomic E-state index is 5.21. The molecular weight excluding hydrogens is 188 g/mol. The van der Waals surface area contributed by atoms with Gasteiger partial charge in [-0.2, -0.15) is 5.10 Å². The lowest BCUT2D eigenvalue weighted by Gasteiger charge is -2.08. The number of methoxy groups -OCH3 is 1. The van der Waals surface area contributed by atoms with E-state index < -0.39 is 0 Å². The van der Waals surface area contributed by atoms with Crippen molar-refractivity contribution in [3.63, 3.8) is 0 Å². The molecule has 0 saturated heterocycles. The van der Waals surface area contributed by atoms with Gasteiger partial charge in [0.05, 0.1) is 12.8 Å². The molecule has 0 aliphatic heterocycles. The minimum atomic E-state index is 0.813. The van der Waals surface area contributed by atoms with Crippen molar-refractivity contribution in [3.05, 3.63) is 24.3 Å². The van der Waals surface area contributed by atoms with Gasteiger partial charge in [0.2, 0.25) is 0 Å². The Bertz CT molecular complexity index is 328. The quantitative estimate of drug-likeness (QED) is 0.592. The number of rotatable bonds is 5. The molecule has 0 radical (unpaired) electrons. The molecule has 0 atom stereocenters. The van der Waals surface area contributed by atoms with Crippen LogP contribution < -0.4 is 10.2 Å². The van der Waals surface area contributed by atoms with E-state index in [0.717, 1.165) is 30.0 Å². The van der Waals surface area contributed by atoms with Crippen molar-refractivity contribution < 1.29 is 4.74 Å². The van der Waals surface area contributed by atoms with Crippen LogP contribution in [0.15, 0.2) is 29.4 Å². The van der Waals surface area contributed by atoms with Crippen molar-refractivity contribution in [2.45, 2.75) is 26.7 Å². The predicted molar refractivity (Wildman–Crippen MR) is 64.6 cm³/mol. The number of ether oxygens (including phenoxy) is 1. The first-order valence-corrected chi connectivity index (χ1v) is 5.26. The zero-order valence-electron chi connectivity index (χ0n) is 9.58. The maximum Gasteiger partial charge on any atom is 0.143 e. The molecule has 0 aliphatic rings. The number of para-hydroxylation sites is 2. The maximum absolute atomic E-state index is 5.21. The third-order valence-electron chi connectivity index (χ3n) is 2.26. The smallest absolute Gasteiger partial charge is 0.143 e. The average Bonchev–Trinajstić information content (AvgIpc) is 2.31. The Morgan fingerprint density at radius 1 is 1.27 bits per heavy atom. The van der Waals surface area contributed by atoms with Gasteiger partial charge in [0.25, 0.3) is 0 Å². The number of hydrogen-bond acceptors (Lipinski definition) is 3. The van der Waals surface area contributed by atoms with Gasteiger partial charge in [-0.1, -0.05) is 26.0 Å². The summed E-state index contributed by atoms with van der Waals surface area (Å²) >= 11 is 0. The van der Waals surface area contributed by atoms with Gasteiger partial charge < -0.3 is 4.74 Å². The van der Waals surface area contributed by atoms with E-state index in [2.05, 4.69) is 24.4 Å². The minimum Gasteiger partial charge on any atom is -0.495 e. The van der Waals surface area contributed by atoms with E-state index in [4.69, 9.17) is 4.74 Å². The summed E-state index contributed by atoms with van der Waals surface area (Å²) in [5, 5.41) is 4.33. The zero-order valence-corrected chi connectivity index (χ0v) is 9.58. The monoisotopic (exact) mass is 206 g/mol. The second kappa shape index (κ2) is 6.06. The van der Waals surface area contributed by atoms with Crippen LogP contribution in [-0.2, 0) is 0 Å². The van der Waals surface area contributed by atoms with E-state index in [1.165, 1.54) is 0 Å². The van der Waals surface area contributed by atoms with Crippen LogP contribution in [-0.4, -0.2) is 12.8 Å². The normalized spacial score (nSPS) is 9.53. The van der Waals surface area contributed by atoms with Crippen LogP contribution >= 0.6 is 0 Å². The first kappa shape index (κ1) is 11.6. The summed E-state index contributed by atoms with van der Waals surface area (Å²) < 4.78 is 5.21. The molecule has 1 aromatic rings. The van der Waals surface area contributed by atoms with Crippen LogP contribution in [0.25, 0.3) is 0 Å². The third-order valence-corrected chi connectivity index (χ3v) is 2.26. The number of nitrogens with zero attached hydrogens (tertiary/aromatic N) is 1. The van der Waals surface area contributed by atoms with Gasteiger partial charge in [0.1, 0.15) is 5.75 Å². The number of hydrogen-bond donors (Lipinski definition) is 1. The molecule has 0 spiro atoms. The molecule has 1 aromatic carbocycles. The number of anilines is 1. The van der Waals surface area contributed by atoms with Crippen LogP contribution in [0.3, 0.4) is 0 Å². The molecule has 0 aromatic heterocycles. The highest BCUT2D eigenvalue weighted by atomic mass is 16.5. The van der Waals surface area contributed by atoms with E-state index in [1.807, 2.05) is 24.3 Å². The second-order valence-corrected chi connectivity index (χ2v) is 3.20. The molecule has 1 rings (SSSR count). The van der Waals surface area contributed by atoms with Gasteiger partial charge in [0.15, 0.2) is 0 Å². The first-order valence-electron chi connectivity index (χ1n) is 5.26. The summed E-state index contributed by atoms with van der Waals surface area (Å²) in [4.78, 5) is 0. The Kier molecular flexibility index (Phi) is 4.68. The topological polar surface area (TPSA) is 33.6 Å². The highest BCUT2D eigenvalue weighted by Gasteiger charge is 1.99. The molecule has 0 amide bonds. The summed E-state index contributed by atoms with van der Waals surface area (Å²) in [6.45, 7) is 4.21. The van der Waals surface area contributed by atoms with Gasteiger partial charge in [-0.25, -0.2) is 0 Å². The Labute approximate surface area is 91.1 Å². The van der Waals surface area contributed by atoms with E-state index >= 15 is 0 Å². The fraction of sp³-hybridized carbons (Fsp3) is 0.417. The van der Waals surface area contributed by atoms with Crippen LogP contribution in [0.4, 0.5) is 5.69 Å². The average molecular weight is 206 g/mol. The Morgan fingerprint density at radius 3 is 2.53 bits per heavy atom. The Hall–Kier alpha value is -1.51. The summed E-state index contributed by atoms with van der Waals surface area (Å²) in [6.07, 6.45) is 1.94. The fourth-order valence-electron chi connectivity index (χ4n) is 1.28. The SMILES string of the molecule is CCC(CC)=NNc1ccccc1OC. The van der Waals surface area contributed by atoms with Crippen molar-refractivity contribution in [1.82, 2.24) is 0 Å². The van der Waals surface area contributed by atoms with Gasteiger partial charge >= 0.3 is 0 Å². The van der Waals surface area contributed by atoms with E-state index in [-0.39, 0.29) is 0 Å². The highest BCUT2D eigenvalue weighted by Crippen LogP contribution is 2.22. The molecule has 15 heavy (non-hydrogen) atoms. The highest BCUT2D eigenvalue weighted by molar-refractivity contribution is 5.84. The molecule has 3 heteroatoms. The summed E-state index contributed by atoms with van der Waals surface area (Å²) in [6, 6.07) is 7.76. The summed E-state index contributed by atoms with van der Waals surface area (Å²) in [7, 11) is 1.66. The molecule has 0 bridgehead atoms. The molecule has 1 N–H and O–H groups in total. The third kappa shape index (κ3) is 3.27. The lowest BCUT2D eigenvalue weighted by atomic mass is 10.2. The number of benzene rings is 1. The first-order chi connectivity index (χ1) is 7.31. The van der Waals surface area contributed by atoms with E-state index in [0.29, 0.717) is 0 Å². The Balaban J connectivity index is 2.75. The molecule has 82 valence electrons. The zero-order chi connectivity index (χ0) is 11.1. The molecule has 3 nitrogen and oxygen atoms in total. The molecule has 0 fully saturated rings. The lowest BCUT2D eigenvalue weighted by Crippen LogP contribution is -2.00. The van der Waals surface area contributed by atoms with Crippen molar-refractivity contribution >= 4 is 11.4 Å². The van der Waals surface area contributed by atoms with Crippen molar-refractivity contribution in [2.75, 3.05) is 12.5 Å². The number of nitrogens with one attached hydrogen (secondary N) is 1. The summed E-state index contributed by atoms with van der Waals surface area (Å²) in [5.41, 5.74) is 5.08. The molecule has 0 aliphatic carbocycles. The fourth-order valence-corrected chi connectivity index (χ4v) is 1.28. The van der Waals surface area contributed by atoms with Gasteiger partial charge in [-0.15, -0.1) is 0 Å². The van der Waals surface area contributed by atoms with E-state index in [9.17, 15) is 0 Å². The molecule has 0 saturated carbocycles. The minimum absolute atomic E-state index is 0.813. The van der Waals surface area contributed by atoms with Crippen molar-refractivity contribution in [2.24, 2.45) is 5.10 Å². The van der Waals surface area contributed by atoms with E-state index in [1.54, 1.807) is 7.11 Å². The van der Waals surface area contributed by atoms with Crippen LogP contribution in [0.5, 0.6) is 5.75 Å². The second-order valence-electron chi connectivity index (χ2n) is 3.20. The molecular formula is C12H18N2O. The van der Waals surface area contributed by atoms with Gasteiger partial charge in [-0.3, -0.25) is 5.43 Å². The molecule has 0 heterocycles. The molecule has 0 unspecified atom stereocenters. The lowest BCUT2D eigenvalue weighted by molar-refractivity contribution is 0.416. The number of hydrazone groups is 1. The van der Waals surface area contributed by atoms with Crippen molar-refractivity contribution in [3.8, 4) is 5.75 Å². The van der Waals surface area contributed by atoms with Crippen molar-refractivity contribution in [1.29, 1.82) is 0 Å². The summed E-state index contributed by atoms with van der Waals surface area (Å²) in [5.74, 6) is 0.813. The standard InChI is InChI=1S/C12H18N2O/c1-4-10(5-2)13-14-11-8-6-7-9-12(11)15-3/h6-9,14H,4-5H2,1-3H3. The predicted octanol–water partition coefficient (Wildman–Crippen LogP) is 3.28. The van der Waals surface area contributed by atoms with Crippen LogP contribution in [0.2, 0.25) is 0 Å². The Morgan fingerprint density at radius 2 is 1.93 bits per heavy atom. The van der Waals surface area contributed by atoms with Crippen LogP contribution in [0, 0.1) is 0 Å². The van der Waals surface area contributed by atoms with Crippen LogP contribution in [0.1, 0.15) is 26.7 Å².